The molecule has 2 aliphatic rings. The molecule has 2 saturated heterocycles. The van der Waals surface area contributed by atoms with Gasteiger partial charge in [0.1, 0.15) is 17.6 Å². The lowest BCUT2D eigenvalue weighted by molar-refractivity contribution is -0.190. The van der Waals surface area contributed by atoms with Gasteiger partial charge in [0, 0.05) is 18.7 Å². The summed E-state index contributed by atoms with van der Waals surface area (Å²) in [5, 5.41) is 10.0. The van der Waals surface area contributed by atoms with Crippen molar-refractivity contribution in [3.05, 3.63) is 30.3 Å². The number of hydrogen-bond donors (Lipinski definition) is 1. The highest BCUT2D eigenvalue weighted by atomic mass is 32.2. The predicted octanol–water partition coefficient (Wildman–Crippen LogP) is 1.08. The number of benzene rings is 1. The number of rotatable bonds is 4. The summed E-state index contributed by atoms with van der Waals surface area (Å²) < 4.78 is 21.9. The Morgan fingerprint density at radius 3 is 2.25 bits per heavy atom. The summed E-state index contributed by atoms with van der Waals surface area (Å²) in [5.41, 5.74) is -0.588. The summed E-state index contributed by atoms with van der Waals surface area (Å²) in [6, 6.07) is 9.45. The number of carbonyl (C=O) groups is 2. The van der Waals surface area contributed by atoms with Crippen LogP contribution in [0.15, 0.2) is 35.2 Å². The number of ether oxygens (including phenoxy) is 4. The van der Waals surface area contributed by atoms with E-state index in [0.29, 0.717) is 0 Å². The number of esters is 2. The van der Waals surface area contributed by atoms with Crippen LogP contribution in [0.3, 0.4) is 0 Å². The van der Waals surface area contributed by atoms with Crippen molar-refractivity contribution >= 4 is 23.7 Å². The lowest BCUT2D eigenvalue weighted by Gasteiger charge is -2.38. The van der Waals surface area contributed by atoms with Crippen LogP contribution in [0.25, 0.3) is 0 Å². The van der Waals surface area contributed by atoms with Crippen LogP contribution in [0.1, 0.15) is 13.8 Å². The molecule has 1 aromatic rings. The second-order valence-electron chi connectivity index (χ2n) is 5.54. The molecule has 2 aliphatic heterocycles. The minimum absolute atomic E-state index is 0.507. The first-order valence-electron chi connectivity index (χ1n) is 7.51. The Labute approximate surface area is 143 Å². The SMILES string of the molecule is CC(=O)OC1C2OC(O)C(O[C@H]1Sc1ccccc1)[C@H]2OC(C)=O. The van der Waals surface area contributed by atoms with Crippen LogP contribution >= 0.6 is 11.8 Å². The number of aliphatic hydroxyl groups is 1. The molecule has 2 heterocycles. The molecular weight excluding hydrogens is 336 g/mol. The van der Waals surface area contributed by atoms with Gasteiger partial charge in [-0.05, 0) is 12.1 Å². The zero-order valence-electron chi connectivity index (χ0n) is 13.2. The van der Waals surface area contributed by atoms with Gasteiger partial charge >= 0.3 is 11.9 Å². The van der Waals surface area contributed by atoms with Crippen molar-refractivity contribution in [1.29, 1.82) is 0 Å². The molecule has 2 bridgehead atoms. The Bertz CT molecular complexity index is 608. The summed E-state index contributed by atoms with van der Waals surface area (Å²) in [7, 11) is 0. The van der Waals surface area contributed by atoms with Crippen LogP contribution in [0.5, 0.6) is 0 Å². The fourth-order valence-corrected chi connectivity index (χ4v) is 3.94. The van der Waals surface area contributed by atoms with Gasteiger partial charge < -0.3 is 24.1 Å². The highest BCUT2D eigenvalue weighted by Crippen LogP contribution is 2.42. The van der Waals surface area contributed by atoms with E-state index in [1.165, 1.54) is 25.6 Å². The van der Waals surface area contributed by atoms with E-state index in [2.05, 4.69) is 0 Å². The Morgan fingerprint density at radius 1 is 1.00 bits per heavy atom. The van der Waals surface area contributed by atoms with Crippen LogP contribution in [0.4, 0.5) is 0 Å². The van der Waals surface area contributed by atoms with Crippen molar-refractivity contribution in [3.63, 3.8) is 0 Å². The van der Waals surface area contributed by atoms with Crippen LogP contribution in [0, 0.1) is 0 Å². The van der Waals surface area contributed by atoms with Gasteiger partial charge in [-0.3, -0.25) is 9.59 Å². The molecule has 8 heteroatoms. The highest BCUT2D eigenvalue weighted by molar-refractivity contribution is 7.99. The van der Waals surface area contributed by atoms with E-state index >= 15 is 0 Å². The highest BCUT2D eigenvalue weighted by Gasteiger charge is 2.59. The Morgan fingerprint density at radius 2 is 1.62 bits per heavy atom. The van der Waals surface area contributed by atoms with E-state index in [4.69, 9.17) is 18.9 Å². The number of thioether (sulfide) groups is 1. The van der Waals surface area contributed by atoms with E-state index in [-0.39, 0.29) is 0 Å². The van der Waals surface area contributed by atoms with Crippen LogP contribution < -0.4 is 0 Å². The lowest BCUT2D eigenvalue weighted by atomic mass is 10.0. The zero-order valence-corrected chi connectivity index (χ0v) is 14.0. The molecule has 4 unspecified atom stereocenters. The largest absolute Gasteiger partial charge is 0.457 e. The quantitative estimate of drug-likeness (QED) is 0.804. The average molecular weight is 354 g/mol. The predicted molar refractivity (Wildman–Crippen MR) is 82.9 cm³/mol. The molecule has 3 rings (SSSR count). The number of aliphatic hydroxyl groups excluding tert-OH is 1. The van der Waals surface area contributed by atoms with Crippen molar-refractivity contribution in [2.45, 2.75) is 54.9 Å². The van der Waals surface area contributed by atoms with E-state index in [9.17, 15) is 14.7 Å². The first kappa shape index (κ1) is 17.2. The molecule has 24 heavy (non-hydrogen) atoms. The molecule has 0 radical (unpaired) electrons. The van der Waals surface area contributed by atoms with E-state index in [1.807, 2.05) is 30.3 Å². The van der Waals surface area contributed by atoms with Gasteiger partial charge in [0.15, 0.2) is 18.5 Å². The Hall–Kier alpha value is -1.61. The molecule has 0 amide bonds. The van der Waals surface area contributed by atoms with E-state index in [0.717, 1.165) is 4.90 Å². The summed E-state index contributed by atoms with van der Waals surface area (Å²) in [6.07, 6.45) is -4.50. The van der Waals surface area contributed by atoms with Gasteiger partial charge in [0.25, 0.3) is 0 Å². The molecule has 0 spiro atoms. The zero-order chi connectivity index (χ0) is 17.3. The fourth-order valence-electron chi connectivity index (χ4n) is 2.83. The minimum Gasteiger partial charge on any atom is -0.457 e. The van der Waals surface area contributed by atoms with Crippen molar-refractivity contribution in [3.8, 4) is 0 Å². The first-order valence-corrected chi connectivity index (χ1v) is 8.39. The number of carbonyl (C=O) groups excluding carboxylic acids is 2. The molecule has 0 aliphatic carbocycles. The average Bonchev–Trinajstić information content (AvgIpc) is 2.73. The van der Waals surface area contributed by atoms with Crippen molar-refractivity contribution < 1.29 is 33.6 Å². The molecule has 130 valence electrons. The van der Waals surface area contributed by atoms with Crippen LogP contribution in [-0.4, -0.2) is 53.2 Å². The third-order valence-corrected chi connectivity index (χ3v) is 4.86. The maximum Gasteiger partial charge on any atom is 0.303 e. The topological polar surface area (TPSA) is 91.3 Å². The standard InChI is InChI=1S/C16H18O7S/c1-8(17)20-11-12-14(21-9(2)18)16(23-13(11)15(19)22-12)24-10-6-4-3-5-7-10/h3-7,11-16,19H,1-2H3/t11-,12?,13?,14?,15?,16-/m0/s1. The monoisotopic (exact) mass is 354 g/mol. The lowest BCUT2D eigenvalue weighted by Crippen LogP contribution is -2.55. The summed E-state index contributed by atoms with van der Waals surface area (Å²) >= 11 is 1.35. The molecule has 1 N–H and O–H groups in total. The molecule has 6 atom stereocenters. The van der Waals surface area contributed by atoms with Crippen LogP contribution in [-0.2, 0) is 28.5 Å². The molecule has 2 fully saturated rings. The first-order chi connectivity index (χ1) is 11.5. The second-order valence-corrected chi connectivity index (χ2v) is 6.71. The summed E-state index contributed by atoms with van der Waals surface area (Å²) in [6.45, 7) is 2.54. The summed E-state index contributed by atoms with van der Waals surface area (Å²) in [5.74, 6) is -1.03. The summed E-state index contributed by atoms with van der Waals surface area (Å²) in [4.78, 5) is 23.7. The Kier molecular flexibility index (Phi) is 5.09. The van der Waals surface area contributed by atoms with Gasteiger partial charge in [-0.1, -0.05) is 30.0 Å². The van der Waals surface area contributed by atoms with E-state index < -0.39 is 48.1 Å². The van der Waals surface area contributed by atoms with Gasteiger partial charge in [0.05, 0.1) is 0 Å². The molecule has 7 nitrogen and oxygen atoms in total. The van der Waals surface area contributed by atoms with E-state index in [1.54, 1.807) is 0 Å². The van der Waals surface area contributed by atoms with Crippen molar-refractivity contribution in [2.24, 2.45) is 0 Å². The molecule has 0 saturated carbocycles. The van der Waals surface area contributed by atoms with Crippen LogP contribution in [0.2, 0.25) is 0 Å². The van der Waals surface area contributed by atoms with Gasteiger partial charge in [-0.2, -0.15) is 0 Å². The molecule has 1 aromatic carbocycles. The Balaban J connectivity index is 1.84. The maximum atomic E-state index is 11.5. The number of hydrogen-bond acceptors (Lipinski definition) is 8. The molecular formula is C16H18O7S. The number of fused-ring (bicyclic) bond motifs is 2. The normalized spacial score (nSPS) is 34.6. The van der Waals surface area contributed by atoms with Gasteiger partial charge in [-0.25, -0.2) is 0 Å². The third kappa shape index (κ3) is 3.56. The van der Waals surface area contributed by atoms with Gasteiger partial charge in [0.2, 0.25) is 0 Å². The van der Waals surface area contributed by atoms with Crippen molar-refractivity contribution in [2.75, 3.05) is 0 Å². The second kappa shape index (κ2) is 7.10. The van der Waals surface area contributed by atoms with Crippen molar-refractivity contribution in [1.82, 2.24) is 0 Å². The third-order valence-electron chi connectivity index (χ3n) is 3.71. The maximum absolute atomic E-state index is 11.5. The fraction of sp³-hybridized carbons (Fsp3) is 0.500. The molecule has 0 aromatic heterocycles. The van der Waals surface area contributed by atoms with Gasteiger partial charge in [-0.15, -0.1) is 0 Å². The smallest absolute Gasteiger partial charge is 0.303 e. The minimum atomic E-state index is -1.25.